The van der Waals surface area contributed by atoms with Gasteiger partial charge in [-0.3, -0.25) is 4.79 Å². The van der Waals surface area contributed by atoms with Gasteiger partial charge in [0, 0.05) is 6.54 Å². The predicted octanol–water partition coefficient (Wildman–Crippen LogP) is 2.86. The van der Waals surface area contributed by atoms with Crippen LogP contribution in [0.25, 0.3) is 0 Å². The van der Waals surface area contributed by atoms with Crippen LogP contribution in [0.3, 0.4) is 0 Å². The number of hydrogen-bond acceptors (Lipinski definition) is 5. The number of hydrogen-bond donors (Lipinski definition) is 2. The fourth-order valence-electron chi connectivity index (χ4n) is 2.46. The molecule has 0 saturated heterocycles. The molecule has 0 bridgehead atoms. The molecule has 27 heavy (non-hydrogen) atoms. The highest BCUT2D eigenvalue weighted by Crippen LogP contribution is 2.22. The quantitative estimate of drug-likeness (QED) is 0.646. The first-order valence-electron chi connectivity index (χ1n) is 8.78. The number of rotatable bonds is 10. The van der Waals surface area contributed by atoms with Crippen molar-refractivity contribution in [1.82, 2.24) is 10.0 Å². The van der Waals surface area contributed by atoms with Crippen LogP contribution in [0.4, 0.5) is 0 Å². The maximum Gasteiger partial charge on any atom is 0.241 e. The average Bonchev–Trinajstić information content (AvgIpc) is 3.15. The smallest absolute Gasteiger partial charge is 0.241 e. The largest absolute Gasteiger partial charge is 0.497 e. The Morgan fingerprint density at radius 3 is 2.44 bits per heavy atom. The van der Waals surface area contributed by atoms with E-state index in [1.807, 2.05) is 0 Å². The van der Waals surface area contributed by atoms with E-state index in [1.54, 1.807) is 24.3 Å². The minimum absolute atomic E-state index is 0.0546. The summed E-state index contributed by atoms with van der Waals surface area (Å²) < 4.78 is 38.3. The fraction of sp³-hybridized carbons (Fsp3) is 0.421. The lowest BCUT2D eigenvalue weighted by Crippen LogP contribution is -2.34. The molecule has 1 unspecified atom stereocenters. The number of benzene rings is 1. The molecule has 1 heterocycles. The summed E-state index contributed by atoms with van der Waals surface area (Å²) in [6.07, 6.45) is 2.25. The highest BCUT2D eigenvalue weighted by atomic mass is 32.2. The molecule has 2 aromatic rings. The zero-order chi connectivity index (χ0) is 19.9. The Morgan fingerprint density at radius 1 is 1.19 bits per heavy atom. The van der Waals surface area contributed by atoms with Crippen molar-refractivity contribution >= 4 is 15.9 Å². The van der Waals surface area contributed by atoms with Crippen LogP contribution in [-0.4, -0.2) is 28.0 Å². The summed E-state index contributed by atoms with van der Waals surface area (Å²) in [6.45, 7) is 4.69. The van der Waals surface area contributed by atoms with E-state index in [-0.39, 0.29) is 17.2 Å². The Balaban J connectivity index is 2.11. The van der Waals surface area contributed by atoms with E-state index < -0.39 is 16.1 Å². The molecule has 0 spiro atoms. The minimum atomic E-state index is -3.84. The van der Waals surface area contributed by atoms with Crippen molar-refractivity contribution in [2.75, 3.05) is 13.7 Å². The SMILES string of the molecule is COc1ccc(S(=O)(=O)NC(CC(=O)NCCC(C)C)c2ccco2)cc1. The van der Waals surface area contributed by atoms with Crippen molar-refractivity contribution in [2.45, 2.75) is 37.6 Å². The van der Waals surface area contributed by atoms with Crippen molar-refractivity contribution < 1.29 is 22.4 Å². The number of amides is 1. The molecule has 0 fully saturated rings. The zero-order valence-corrected chi connectivity index (χ0v) is 16.6. The van der Waals surface area contributed by atoms with Crippen molar-refractivity contribution in [3.05, 3.63) is 48.4 Å². The van der Waals surface area contributed by atoms with E-state index in [1.165, 1.54) is 25.5 Å². The molecule has 8 heteroatoms. The van der Waals surface area contributed by atoms with E-state index in [2.05, 4.69) is 23.9 Å². The van der Waals surface area contributed by atoms with Gasteiger partial charge in [0.25, 0.3) is 0 Å². The van der Waals surface area contributed by atoms with Crippen LogP contribution in [0.1, 0.15) is 38.5 Å². The van der Waals surface area contributed by atoms with Crippen LogP contribution in [0.2, 0.25) is 0 Å². The minimum Gasteiger partial charge on any atom is -0.497 e. The maximum absolute atomic E-state index is 12.7. The van der Waals surface area contributed by atoms with Gasteiger partial charge < -0.3 is 14.5 Å². The molecule has 0 saturated carbocycles. The van der Waals surface area contributed by atoms with Crippen LogP contribution >= 0.6 is 0 Å². The van der Waals surface area contributed by atoms with Crippen molar-refractivity contribution in [2.24, 2.45) is 5.92 Å². The number of sulfonamides is 1. The van der Waals surface area contributed by atoms with Gasteiger partial charge in [0.05, 0.1) is 30.7 Å². The van der Waals surface area contributed by atoms with Gasteiger partial charge in [-0.25, -0.2) is 8.42 Å². The summed E-state index contributed by atoms with van der Waals surface area (Å²) >= 11 is 0. The first-order chi connectivity index (χ1) is 12.8. The molecule has 0 aliphatic rings. The van der Waals surface area contributed by atoms with E-state index in [0.29, 0.717) is 24.0 Å². The number of carbonyl (C=O) groups excluding carboxylic acids is 1. The van der Waals surface area contributed by atoms with Gasteiger partial charge in [0.2, 0.25) is 15.9 Å². The number of carbonyl (C=O) groups is 1. The summed E-state index contributed by atoms with van der Waals surface area (Å²) in [6, 6.07) is 8.52. The summed E-state index contributed by atoms with van der Waals surface area (Å²) in [5.41, 5.74) is 0. The molecule has 0 aliphatic heterocycles. The second-order valence-electron chi connectivity index (χ2n) is 6.60. The molecule has 1 amide bonds. The summed E-state index contributed by atoms with van der Waals surface area (Å²) in [7, 11) is -2.33. The van der Waals surface area contributed by atoms with Gasteiger partial charge in [-0.15, -0.1) is 0 Å². The van der Waals surface area contributed by atoms with E-state index in [9.17, 15) is 13.2 Å². The third-order valence-electron chi connectivity index (χ3n) is 3.99. The molecule has 2 rings (SSSR count). The summed E-state index contributed by atoms with van der Waals surface area (Å²) in [5, 5.41) is 2.82. The Hall–Kier alpha value is -2.32. The van der Waals surface area contributed by atoms with Gasteiger partial charge in [-0.05, 0) is 48.7 Å². The number of furan rings is 1. The fourth-order valence-corrected chi connectivity index (χ4v) is 3.66. The first kappa shape index (κ1) is 21.0. The maximum atomic E-state index is 12.7. The molecule has 1 aromatic carbocycles. The highest BCUT2D eigenvalue weighted by Gasteiger charge is 2.25. The van der Waals surface area contributed by atoms with E-state index in [0.717, 1.165) is 6.42 Å². The van der Waals surface area contributed by atoms with Crippen LogP contribution in [0, 0.1) is 5.92 Å². The lowest BCUT2D eigenvalue weighted by atomic mass is 10.1. The van der Waals surface area contributed by atoms with E-state index >= 15 is 0 Å². The van der Waals surface area contributed by atoms with Crippen LogP contribution in [-0.2, 0) is 14.8 Å². The standard InChI is InChI=1S/C19H26N2O5S/c1-14(2)10-11-20-19(22)13-17(18-5-4-12-26-18)21-27(23,24)16-8-6-15(25-3)7-9-16/h4-9,12,14,17,21H,10-11,13H2,1-3H3,(H,20,22). The highest BCUT2D eigenvalue weighted by molar-refractivity contribution is 7.89. The number of nitrogens with one attached hydrogen (secondary N) is 2. The first-order valence-corrected chi connectivity index (χ1v) is 10.3. The van der Waals surface area contributed by atoms with Gasteiger partial charge >= 0.3 is 0 Å². The third kappa shape index (κ3) is 6.41. The molecular weight excluding hydrogens is 368 g/mol. The monoisotopic (exact) mass is 394 g/mol. The molecule has 0 radical (unpaired) electrons. The van der Waals surface area contributed by atoms with E-state index in [4.69, 9.17) is 9.15 Å². The van der Waals surface area contributed by atoms with Crippen LogP contribution in [0.5, 0.6) is 5.75 Å². The van der Waals surface area contributed by atoms with Crippen molar-refractivity contribution in [3.8, 4) is 5.75 Å². The normalized spacial score (nSPS) is 12.7. The Kier molecular flexibility index (Phi) is 7.44. The number of methoxy groups -OCH3 is 1. The molecular formula is C19H26N2O5S. The van der Waals surface area contributed by atoms with Crippen molar-refractivity contribution in [3.63, 3.8) is 0 Å². The average molecular weight is 394 g/mol. The van der Waals surface area contributed by atoms with Crippen LogP contribution < -0.4 is 14.8 Å². The zero-order valence-electron chi connectivity index (χ0n) is 15.8. The van der Waals surface area contributed by atoms with Gasteiger partial charge in [-0.2, -0.15) is 4.72 Å². The number of ether oxygens (including phenoxy) is 1. The molecule has 1 aromatic heterocycles. The molecule has 2 N–H and O–H groups in total. The lowest BCUT2D eigenvalue weighted by molar-refractivity contribution is -0.121. The van der Waals surface area contributed by atoms with Gasteiger partial charge in [-0.1, -0.05) is 13.8 Å². The van der Waals surface area contributed by atoms with Gasteiger partial charge in [0.15, 0.2) is 0 Å². The molecule has 7 nitrogen and oxygen atoms in total. The lowest BCUT2D eigenvalue weighted by Gasteiger charge is -2.17. The Bertz CT molecular complexity index is 814. The van der Waals surface area contributed by atoms with Gasteiger partial charge in [0.1, 0.15) is 11.5 Å². The molecule has 1 atom stereocenters. The predicted molar refractivity (Wildman–Crippen MR) is 102 cm³/mol. The van der Waals surface area contributed by atoms with Crippen molar-refractivity contribution in [1.29, 1.82) is 0 Å². The summed E-state index contributed by atoms with van der Waals surface area (Å²) in [5.74, 6) is 1.17. The van der Waals surface area contributed by atoms with Crippen LogP contribution in [0.15, 0.2) is 52.0 Å². The molecule has 0 aliphatic carbocycles. The molecule has 148 valence electrons. The Morgan fingerprint density at radius 2 is 1.89 bits per heavy atom. The third-order valence-corrected chi connectivity index (χ3v) is 5.47. The topological polar surface area (TPSA) is 97.6 Å². The second-order valence-corrected chi connectivity index (χ2v) is 8.32. The Labute approximate surface area is 160 Å². The second kappa shape index (κ2) is 9.57. The summed E-state index contributed by atoms with van der Waals surface area (Å²) in [4.78, 5) is 12.3.